The molecule has 1 saturated heterocycles. The first kappa shape index (κ1) is 20.6. The van der Waals surface area contributed by atoms with Gasteiger partial charge in [-0.1, -0.05) is 0 Å². The first-order valence-electron chi connectivity index (χ1n) is 10.7. The molecule has 166 valence electrons. The Balaban J connectivity index is 1.34. The van der Waals surface area contributed by atoms with E-state index in [0.717, 1.165) is 67.1 Å². The highest BCUT2D eigenvalue weighted by Gasteiger charge is 2.27. The average Bonchev–Trinajstić information content (AvgIpc) is 3.43. The molecule has 0 saturated carbocycles. The van der Waals surface area contributed by atoms with E-state index < -0.39 is 11.6 Å². The molecule has 0 atom stereocenters. The SMILES string of the molecule is O=C(NCc1ccnc(N2CCOCC2)c1)c1nn(-c2ccc(F)c(F)c2)c2c1CCC2. The summed E-state index contributed by atoms with van der Waals surface area (Å²) in [6.45, 7) is 3.26. The molecule has 1 fully saturated rings. The molecule has 9 heteroatoms. The van der Waals surface area contributed by atoms with Crippen LogP contribution in [0.4, 0.5) is 14.6 Å². The number of rotatable bonds is 5. The molecule has 1 amide bonds. The summed E-state index contributed by atoms with van der Waals surface area (Å²) in [5.74, 6) is -1.27. The summed E-state index contributed by atoms with van der Waals surface area (Å²) in [6, 6.07) is 7.48. The third-order valence-electron chi connectivity index (χ3n) is 5.89. The van der Waals surface area contributed by atoms with E-state index >= 15 is 0 Å². The number of carbonyl (C=O) groups excluding carboxylic acids is 1. The Hall–Kier alpha value is -3.33. The number of aromatic nitrogens is 3. The van der Waals surface area contributed by atoms with Gasteiger partial charge in [-0.3, -0.25) is 4.79 Å². The van der Waals surface area contributed by atoms with E-state index in [1.165, 1.54) is 6.07 Å². The Kier molecular flexibility index (Phi) is 5.57. The Bertz CT molecular complexity index is 1160. The van der Waals surface area contributed by atoms with Crippen LogP contribution in [-0.4, -0.2) is 47.0 Å². The summed E-state index contributed by atoms with van der Waals surface area (Å²) in [7, 11) is 0. The molecule has 1 aromatic carbocycles. The highest BCUT2D eigenvalue weighted by atomic mass is 19.2. The summed E-state index contributed by atoms with van der Waals surface area (Å²) in [4.78, 5) is 19.6. The number of halogens is 2. The Labute approximate surface area is 184 Å². The predicted octanol–water partition coefficient (Wildman–Crippen LogP) is 2.80. The predicted molar refractivity (Wildman–Crippen MR) is 114 cm³/mol. The van der Waals surface area contributed by atoms with Crippen molar-refractivity contribution in [3.05, 3.63) is 70.7 Å². The van der Waals surface area contributed by atoms with Gasteiger partial charge in [-0.05, 0) is 49.1 Å². The van der Waals surface area contributed by atoms with Crippen molar-refractivity contribution in [2.24, 2.45) is 0 Å². The van der Waals surface area contributed by atoms with Crippen LogP contribution in [0, 0.1) is 11.6 Å². The van der Waals surface area contributed by atoms with Gasteiger partial charge in [0.05, 0.1) is 18.9 Å². The van der Waals surface area contributed by atoms with E-state index in [4.69, 9.17) is 4.74 Å². The Morgan fingerprint density at radius 2 is 1.94 bits per heavy atom. The van der Waals surface area contributed by atoms with Gasteiger partial charge in [0, 0.05) is 43.2 Å². The molecule has 3 heterocycles. The van der Waals surface area contributed by atoms with Gasteiger partial charge in [0.2, 0.25) is 0 Å². The molecule has 0 spiro atoms. The number of pyridine rings is 1. The maximum Gasteiger partial charge on any atom is 0.272 e. The smallest absolute Gasteiger partial charge is 0.272 e. The van der Waals surface area contributed by atoms with Crippen LogP contribution in [0.2, 0.25) is 0 Å². The summed E-state index contributed by atoms with van der Waals surface area (Å²) in [6.07, 6.45) is 4.10. The topological polar surface area (TPSA) is 72.3 Å². The molecular weight excluding hydrogens is 416 g/mol. The lowest BCUT2D eigenvalue weighted by molar-refractivity contribution is 0.0944. The van der Waals surface area contributed by atoms with Gasteiger partial charge in [-0.25, -0.2) is 18.4 Å². The van der Waals surface area contributed by atoms with Crippen molar-refractivity contribution in [2.75, 3.05) is 31.2 Å². The number of fused-ring (bicyclic) bond motifs is 1. The second-order valence-corrected chi connectivity index (χ2v) is 7.94. The van der Waals surface area contributed by atoms with Crippen LogP contribution in [-0.2, 0) is 24.1 Å². The lowest BCUT2D eigenvalue weighted by Crippen LogP contribution is -2.36. The van der Waals surface area contributed by atoms with Gasteiger partial charge in [-0.2, -0.15) is 5.10 Å². The number of nitrogens with one attached hydrogen (secondary N) is 1. The van der Waals surface area contributed by atoms with E-state index in [9.17, 15) is 13.6 Å². The number of carbonyl (C=O) groups is 1. The molecule has 2 aromatic heterocycles. The third kappa shape index (κ3) is 3.95. The fourth-order valence-electron chi connectivity index (χ4n) is 4.25. The van der Waals surface area contributed by atoms with Crippen LogP contribution in [0.3, 0.4) is 0 Å². The summed E-state index contributed by atoms with van der Waals surface area (Å²) in [5, 5.41) is 7.40. The zero-order chi connectivity index (χ0) is 22.1. The fraction of sp³-hybridized carbons (Fsp3) is 0.348. The second-order valence-electron chi connectivity index (χ2n) is 7.94. The summed E-state index contributed by atoms with van der Waals surface area (Å²) >= 11 is 0. The van der Waals surface area contributed by atoms with Crippen molar-refractivity contribution >= 4 is 11.7 Å². The van der Waals surface area contributed by atoms with Crippen LogP contribution >= 0.6 is 0 Å². The Morgan fingerprint density at radius 1 is 1.09 bits per heavy atom. The number of nitrogens with zero attached hydrogens (tertiary/aromatic N) is 4. The van der Waals surface area contributed by atoms with Gasteiger partial charge >= 0.3 is 0 Å². The molecule has 0 radical (unpaired) electrons. The summed E-state index contributed by atoms with van der Waals surface area (Å²) < 4.78 is 34.0. The quantitative estimate of drug-likeness (QED) is 0.662. The fourth-order valence-corrected chi connectivity index (χ4v) is 4.25. The monoisotopic (exact) mass is 439 g/mol. The van der Waals surface area contributed by atoms with Gasteiger partial charge in [0.1, 0.15) is 5.82 Å². The highest BCUT2D eigenvalue weighted by molar-refractivity contribution is 5.94. The molecule has 2 aliphatic rings. The number of anilines is 1. The molecule has 1 N–H and O–H groups in total. The lowest BCUT2D eigenvalue weighted by atomic mass is 10.2. The third-order valence-corrected chi connectivity index (χ3v) is 5.89. The van der Waals surface area contributed by atoms with Crippen molar-refractivity contribution < 1.29 is 18.3 Å². The van der Waals surface area contributed by atoms with Crippen molar-refractivity contribution in [3.8, 4) is 5.69 Å². The maximum absolute atomic E-state index is 13.7. The number of hydrogen-bond donors (Lipinski definition) is 1. The number of hydrogen-bond acceptors (Lipinski definition) is 5. The molecule has 5 rings (SSSR count). The van der Waals surface area contributed by atoms with Crippen LogP contribution in [0.5, 0.6) is 0 Å². The van der Waals surface area contributed by atoms with E-state index in [-0.39, 0.29) is 5.91 Å². The molecule has 0 unspecified atom stereocenters. The van der Waals surface area contributed by atoms with Crippen molar-refractivity contribution in [1.29, 1.82) is 0 Å². The number of benzene rings is 1. The van der Waals surface area contributed by atoms with E-state index in [1.54, 1.807) is 10.9 Å². The minimum Gasteiger partial charge on any atom is -0.378 e. The first-order chi connectivity index (χ1) is 15.6. The standard InChI is InChI=1S/C23H23F2N5O2/c24-18-5-4-16(13-19(18)25)30-20-3-1-2-17(20)22(28-30)23(31)27-14-15-6-7-26-21(12-15)29-8-10-32-11-9-29/h4-7,12-13H,1-3,8-11,14H2,(H,27,31). The normalized spacial score (nSPS) is 15.6. The van der Waals surface area contributed by atoms with Crippen molar-refractivity contribution in [2.45, 2.75) is 25.8 Å². The van der Waals surface area contributed by atoms with Crippen LogP contribution < -0.4 is 10.2 Å². The lowest BCUT2D eigenvalue weighted by Gasteiger charge is -2.28. The van der Waals surface area contributed by atoms with E-state index in [2.05, 4.69) is 20.3 Å². The number of morpholine rings is 1. The number of amides is 1. The summed E-state index contributed by atoms with van der Waals surface area (Å²) in [5.41, 5.74) is 3.43. The first-order valence-corrected chi connectivity index (χ1v) is 10.7. The number of ether oxygens (including phenoxy) is 1. The van der Waals surface area contributed by atoms with Crippen molar-refractivity contribution in [3.63, 3.8) is 0 Å². The Morgan fingerprint density at radius 3 is 2.75 bits per heavy atom. The largest absolute Gasteiger partial charge is 0.378 e. The van der Waals surface area contributed by atoms with Crippen LogP contribution in [0.25, 0.3) is 5.69 Å². The molecule has 0 bridgehead atoms. The molecule has 32 heavy (non-hydrogen) atoms. The van der Waals surface area contributed by atoms with E-state index in [1.807, 2.05) is 12.1 Å². The van der Waals surface area contributed by atoms with Crippen molar-refractivity contribution in [1.82, 2.24) is 20.1 Å². The van der Waals surface area contributed by atoms with Crippen LogP contribution in [0.1, 0.15) is 33.7 Å². The maximum atomic E-state index is 13.7. The van der Waals surface area contributed by atoms with Crippen LogP contribution in [0.15, 0.2) is 36.5 Å². The minimum atomic E-state index is -0.940. The van der Waals surface area contributed by atoms with E-state index in [0.29, 0.717) is 31.1 Å². The molecule has 1 aliphatic carbocycles. The van der Waals surface area contributed by atoms with Gasteiger partial charge in [0.25, 0.3) is 5.91 Å². The molecule has 7 nitrogen and oxygen atoms in total. The highest BCUT2D eigenvalue weighted by Crippen LogP contribution is 2.28. The molecular formula is C23H23F2N5O2. The van der Waals surface area contributed by atoms with Gasteiger partial charge < -0.3 is 15.0 Å². The van der Waals surface area contributed by atoms with Gasteiger partial charge in [-0.15, -0.1) is 0 Å². The van der Waals surface area contributed by atoms with Gasteiger partial charge in [0.15, 0.2) is 17.3 Å². The molecule has 1 aliphatic heterocycles. The second kappa shape index (κ2) is 8.66. The zero-order valence-corrected chi connectivity index (χ0v) is 17.5. The minimum absolute atomic E-state index is 0.283. The zero-order valence-electron chi connectivity index (χ0n) is 17.5. The molecule has 3 aromatic rings. The average molecular weight is 439 g/mol.